The highest BCUT2D eigenvalue weighted by Gasteiger charge is 2.17. The van der Waals surface area contributed by atoms with Gasteiger partial charge in [-0.15, -0.1) is 0 Å². The van der Waals surface area contributed by atoms with Gasteiger partial charge in [-0.25, -0.2) is 15.9 Å². The minimum atomic E-state index is 0.0154. The van der Waals surface area contributed by atoms with Gasteiger partial charge in [0.05, 0.1) is 29.9 Å². The Hall–Kier alpha value is -3.17. The minimum Gasteiger partial charge on any atom is -0.494 e. The zero-order valence-electron chi connectivity index (χ0n) is 19.7. The Kier molecular flexibility index (Phi) is 9.03. The SMILES string of the molecule is CCN(C)c1ncnc2[nH]c(O)c(C=Nc3ccc(C)c(OCCCCCCCON)c3)c12. The van der Waals surface area contributed by atoms with Crippen molar-refractivity contribution in [3.8, 4) is 11.6 Å². The molecule has 0 unspecified atom stereocenters. The maximum atomic E-state index is 10.5. The van der Waals surface area contributed by atoms with Gasteiger partial charge in [-0.05, 0) is 38.3 Å². The van der Waals surface area contributed by atoms with Gasteiger partial charge < -0.3 is 24.6 Å². The molecule has 0 amide bonds. The summed E-state index contributed by atoms with van der Waals surface area (Å²) in [6, 6.07) is 5.84. The van der Waals surface area contributed by atoms with E-state index < -0.39 is 0 Å². The van der Waals surface area contributed by atoms with E-state index in [4.69, 9.17) is 10.6 Å². The quantitative estimate of drug-likeness (QED) is 0.199. The second-order valence-corrected chi connectivity index (χ2v) is 8.02. The van der Waals surface area contributed by atoms with Crippen molar-refractivity contribution in [3.05, 3.63) is 35.7 Å². The number of hydrogen-bond acceptors (Lipinski definition) is 8. The van der Waals surface area contributed by atoms with E-state index in [2.05, 4.69) is 24.8 Å². The Morgan fingerprint density at radius 2 is 1.91 bits per heavy atom. The van der Waals surface area contributed by atoms with Gasteiger partial charge in [-0.3, -0.25) is 4.99 Å². The first kappa shape index (κ1) is 24.5. The maximum Gasteiger partial charge on any atom is 0.199 e. The van der Waals surface area contributed by atoms with Crippen LogP contribution in [0.5, 0.6) is 11.6 Å². The summed E-state index contributed by atoms with van der Waals surface area (Å²) in [7, 11) is 1.95. The molecule has 178 valence electrons. The van der Waals surface area contributed by atoms with Crippen LogP contribution in [0.15, 0.2) is 29.5 Å². The smallest absolute Gasteiger partial charge is 0.199 e. The largest absolute Gasteiger partial charge is 0.494 e. The van der Waals surface area contributed by atoms with Gasteiger partial charge in [0.1, 0.15) is 23.5 Å². The summed E-state index contributed by atoms with van der Waals surface area (Å²) in [6.07, 6.45) is 8.48. The van der Waals surface area contributed by atoms with Gasteiger partial charge in [-0.1, -0.05) is 25.3 Å². The van der Waals surface area contributed by atoms with Crippen LogP contribution in [0.1, 0.15) is 50.2 Å². The number of aryl methyl sites for hydroxylation is 1. The molecule has 3 rings (SSSR count). The first-order valence-electron chi connectivity index (χ1n) is 11.4. The van der Waals surface area contributed by atoms with Crippen molar-refractivity contribution in [3.63, 3.8) is 0 Å². The number of aromatic nitrogens is 3. The lowest BCUT2D eigenvalue weighted by molar-refractivity contribution is 0.133. The van der Waals surface area contributed by atoms with Crippen LogP contribution in [-0.2, 0) is 4.84 Å². The monoisotopic (exact) mass is 454 g/mol. The standard InChI is InChI=1S/C24H34N6O3/c1-4-30(3)23-21-19(24(31)29-22(21)27-16-28-23)15-26-18-11-10-17(2)20(14-18)32-12-8-6-5-7-9-13-33-25/h10-11,14-16,31H,4-9,12-13,25H2,1-3H3,(H,27,28,29). The average molecular weight is 455 g/mol. The van der Waals surface area contributed by atoms with E-state index in [-0.39, 0.29) is 5.88 Å². The van der Waals surface area contributed by atoms with Crippen LogP contribution >= 0.6 is 0 Å². The van der Waals surface area contributed by atoms with Crippen molar-refractivity contribution >= 4 is 28.8 Å². The molecular formula is C24H34N6O3. The fourth-order valence-corrected chi connectivity index (χ4v) is 3.55. The highest BCUT2D eigenvalue weighted by molar-refractivity contribution is 6.06. The number of hydrogen-bond donors (Lipinski definition) is 3. The number of H-pyrrole nitrogens is 1. The number of rotatable bonds is 13. The molecule has 4 N–H and O–H groups in total. The Morgan fingerprint density at radius 3 is 2.67 bits per heavy atom. The number of fused-ring (bicyclic) bond motifs is 1. The summed E-state index contributed by atoms with van der Waals surface area (Å²) in [5, 5.41) is 11.2. The number of benzene rings is 1. The number of aromatic hydroxyl groups is 1. The molecule has 0 saturated carbocycles. The highest BCUT2D eigenvalue weighted by Crippen LogP contribution is 2.32. The third-order valence-corrected chi connectivity index (χ3v) is 5.60. The van der Waals surface area contributed by atoms with Crippen LogP contribution in [0.2, 0.25) is 0 Å². The lowest BCUT2D eigenvalue weighted by atomic mass is 10.1. The predicted octanol–water partition coefficient (Wildman–Crippen LogP) is 4.40. The molecule has 0 spiro atoms. The highest BCUT2D eigenvalue weighted by atomic mass is 16.6. The third-order valence-electron chi connectivity index (χ3n) is 5.60. The van der Waals surface area contributed by atoms with Crippen molar-refractivity contribution in [1.29, 1.82) is 0 Å². The van der Waals surface area contributed by atoms with Gasteiger partial charge in [0.25, 0.3) is 0 Å². The molecule has 9 nitrogen and oxygen atoms in total. The Bertz CT molecular complexity index is 1070. The molecule has 1 aromatic carbocycles. The van der Waals surface area contributed by atoms with Crippen LogP contribution < -0.4 is 15.5 Å². The number of aliphatic imine (C=N–C) groups is 1. The summed E-state index contributed by atoms with van der Waals surface area (Å²) in [5.41, 5.74) is 2.93. The van der Waals surface area contributed by atoms with E-state index in [1.165, 1.54) is 6.33 Å². The second kappa shape index (κ2) is 12.2. The number of nitrogens with one attached hydrogen (secondary N) is 1. The molecule has 0 radical (unpaired) electrons. The molecule has 2 aromatic heterocycles. The zero-order valence-corrected chi connectivity index (χ0v) is 19.7. The summed E-state index contributed by atoms with van der Waals surface area (Å²) in [5.74, 6) is 6.61. The first-order valence-corrected chi connectivity index (χ1v) is 11.4. The van der Waals surface area contributed by atoms with Crippen LogP contribution in [0.4, 0.5) is 11.5 Å². The lowest BCUT2D eigenvalue weighted by Crippen LogP contribution is -2.17. The predicted molar refractivity (Wildman–Crippen MR) is 132 cm³/mol. The second-order valence-electron chi connectivity index (χ2n) is 8.02. The van der Waals surface area contributed by atoms with Gasteiger partial charge in [0, 0.05) is 25.9 Å². The minimum absolute atomic E-state index is 0.0154. The lowest BCUT2D eigenvalue weighted by Gasteiger charge is -2.16. The molecule has 9 heteroatoms. The average Bonchev–Trinajstić information content (AvgIpc) is 3.15. The number of nitrogens with zero attached hydrogens (tertiary/aromatic N) is 4. The topological polar surface area (TPSA) is 122 Å². The van der Waals surface area contributed by atoms with Gasteiger partial charge in [0.2, 0.25) is 0 Å². The van der Waals surface area contributed by atoms with Crippen LogP contribution in [0, 0.1) is 6.92 Å². The van der Waals surface area contributed by atoms with Crippen molar-refractivity contribution in [1.82, 2.24) is 15.0 Å². The van der Waals surface area contributed by atoms with Gasteiger partial charge >= 0.3 is 0 Å². The summed E-state index contributed by atoms with van der Waals surface area (Å²) < 4.78 is 6.00. The number of unbranched alkanes of at least 4 members (excludes halogenated alkanes) is 4. The number of aromatic amines is 1. The number of anilines is 1. The Morgan fingerprint density at radius 1 is 1.15 bits per heavy atom. The molecule has 0 atom stereocenters. The van der Waals surface area contributed by atoms with Crippen molar-refractivity contribution < 1.29 is 14.7 Å². The summed E-state index contributed by atoms with van der Waals surface area (Å²) in [4.78, 5) is 22.7. The summed E-state index contributed by atoms with van der Waals surface area (Å²) >= 11 is 0. The zero-order chi connectivity index (χ0) is 23.6. The fourth-order valence-electron chi connectivity index (χ4n) is 3.55. The molecule has 0 fully saturated rings. The maximum absolute atomic E-state index is 10.5. The Balaban J connectivity index is 1.69. The van der Waals surface area contributed by atoms with Gasteiger partial charge in [0.15, 0.2) is 5.88 Å². The van der Waals surface area contributed by atoms with E-state index >= 15 is 0 Å². The molecule has 2 heterocycles. The van der Waals surface area contributed by atoms with Crippen molar-refractivity contribution in [2.45, 2.75) is 46.0 Å². The molecule has 0 aliphatic carbocycles. The summed E-state index contributed by atoms with van der Waals surface area (Å²) in [6.45, 7) is 6.11. The number of nitrogens with two attached hydrogens (primary N) is 1. The molecule has 3 aromatic rings. The van der Waals surface area contributed by atoms with Gasteiger partial charge in [-0.2, -0.15) is 0 Å². The molecule has 0 bridgehead atoms. The molecule has 0 aliphatic heterocycles. The van der Waals surface area contributed by atoms with Crippen LogP contribution in [0.25, 0.3) is 11.0 Å². The van der Waals surface area contributed by atoms with Crippen molar-refractivity contribution in [2.24, 2.45) is 10.9 Å². The van der Waals surface area contributed by atoms with E-state index in [1.54, 1.807) is 6.21 Å². The molecular weight excluding hydrogens is 420 g/mol. The van der Waals surface area contributed by atoms with Crippen molar-refractivity contribution in [2.75, 3.05) is 31.7 Å². The van der Waals surface area contributed by atoms with Crippen LogP contribution in [-0.4, -0.2) is 53.1 Å². The normalized spacial score (nSPS) is 11.5. The third kappa shape index (κ3) is 6.43. The number of ether oxygens (including phenoxy) is 1. The van der Waals surface area contributed by atoms with E-state index in [1.807, 2.05) is 44.0 Å². The van der Waals surface area contributed by atoms with E-state index in [0.717, 1.165) is 66.9 Å². The van der Waals surface area contributed by atoms with E-state index in [9.17, 15) is 5.11 Å². The molecule has 0 saturated heterocycles. The fraction of sp³-hybridized carbons (Fsp3) is 0.458. The molecule has 0 aliphatic rings. The van der Waals surface area contributed by atoms with Crippen LogP contribution in [0.3, 0.4) is 0 Å². The van der Waals surface area contributed by atoms with E-state index in [0.29, 0.717) is 24.4 Å². The molecule has 33 heavy (non-hydrogen) atoms. The first-order chi connectivity index (χ1) is 16.0. The Labute approximate surface area is 194 Å².